The van der Waals surface area contributed by atoms with E-state index in [4.69, 9.17) is 0 Å². The number of hydrogen-bond donors (Lipinski definition) is 2. The molecule has 2 N–H and O–H groups in total. The highest BCUT2D eigenvalue weighted by Gasteiger charge is 2.28. The van der Waals surface area contributed by atoms with E-state index < -0.39 is 9.84 Å². The van der Waals surface area contributed by atoms with Crippen LogP contribution in [0.5, 0.6) is 0 Å². The van der Waals surface area contributed by atoms with Crippen LogP contribution in [0.2, 0.25) is 0 Å². The fourth-order valence-electron chi connectivity index (χ4n) is 3.35. The Labute approximate surface area is 160 Å². The van der Waals surface area contributed by atoms with E-state index in [-0.39, 0.29) is 17.5 Å². The zero-order chi connectivity index (χ0) is 19.6. The molecule has 1 aromatic carbocycles. The van der Waals surface area contributed by atoms with Gasteiger partial charge in [-0.05, 0) is 29.4 Å². The Hall–Kier alpha value is -2.22. The maximum atomic E-state index is 11.6. The van der Waals surface area contributed by atoms with Crippen LogP contribution < -0.4 is 10.6 Å². The number of nitrogens with one attached hydrogen (secondary N) is 2. The van der Waals surface area contributed by atoms with Gasteiger partial charge >= 0.3 is 0 Å². The first-order valence-electron chi connectivity index (χ1n) is 9.31. The van der Waals surface area contributed by atoms with Gasteiger partial charge < -0.3 is 10.6 Å². The maximum Gasteiger partial charge on any atom is 0.249 e. The number of benzene rings is 1. The Bertz CT molecular complexity index is 886. The van der Waals surface area contributed by atoms with Crippen molar-refractivity contribution in [1.29, 1.82) is 0 Å². The van der Waals surface area contributed by atoms with Gasteiger partial charge in [0.15, 0.2) is 15.7 Å². The Balaban J connectivity index is 1.85. The molecule has 0 radical (unpaired) electrons. The minimum atomic E-state index is -2.95. The zero-order valence-electron chi connectivity index (χ0n) is 16.2. The molecule has 146 valence electrons. The molecule has 0 aliphatic carbocycles. The Morgan fingerprint density at radius 1 is 1.11 bits per heavy atom. The average Bonchev–Trinajstić information content (AvgIpc) is 2.93. The third-order valence-electron chi connectivity index (χ3n) is 4.75. The molecule has 0 bridgehead atoms. The van der Waals surface area contributed by atoms with Crippen LogP contribution in [0.25, 0.3) is 0 Å². The lowest BCUT2D eigenvalue weighted by Gasteiger charge is -2.20. The van der Waals surface area contributed by atoms with E-state index in [1.54, 1.807) is 0 Å². The Kier molecular flexibility index (Phi) is 5.64. The molecule has 7 nitrogen and oxygen atoms in total. The first-order valence-corrected chi connectivity index (χ1v) is 11.1. The van der Waals surface area contributed by atoms with Crippen molar-refractivity contribution < 1.29 is 8.42 Å². The van der Waals surface area contributed by atoms with E-state index in [2.05, 4.69) is 71.7 Å². The van der Waals surface area contributed by atoms with Gasteiger partial charge in [-0.1, -0.05) is 45.9 Å². The summed E-state index contributed by atoms with van der Waals surface area (Å²) in [5.41, 5.74) is 3.42. The fourth-order valence-corrected chi connectivity index (χ4v) is 5.02. The van der Waals surface area contributed by atoms with E-state index in [0.29, 0.717) is 30.0 Å². The van der Waals surface area contributed by atoms with Gasteiger partial charge in [-0.15, -0.1) is 5.10 Å². The summed E-state index contributed by atoms with van der Waals surface area (Å²) >= 11 is 0. The van der Waals surface area contributed by atoms with Crippen molar-refractivity contribution in [3.05, 3.63) is 35.5 Å². The predicted octanol–water partition coefficient (Wildman–Crippen LogP) is 3.46. The summed E-state index contributed by atoms with van der Waals surface area (Å²) < 4.78 is 23.3. The van der Waals surface area contributed by atoms with Crippen molar-refractivity contribution in [3.63, 3.8) is 0 Å². The molecule has 1 saturated heterocycles. The number of sulfone groups is 1. The van der Waals surface area contributed by atoms with Crippen molar-refractivity contribution in [3.8, 4) is 0 Å². The van der Waals surface area contributed by atoms with Gasteiger partial charge in [-0.25, -0.2) is 8.42 Å². The highest BCUT2D eigenvalue weighted by molar-refractivity contribution is 7.91. The molecule has 1 atom stereocenters. The van der Waals surface area contributed by atoms with Gasteiger partial charge in [-0.3, -0.25) is 0 Å². The number of nitrogens with zero attached hydrogens (tertiary/aromatic N) is 3. The number of para-hydroxylation sites is 1. The lowest BCUT2D eigenvalue weighted by molar-refractivity contribution is 0.602. The van der Waals surface area contributed by atoms with E-state index >= 15 is 0 Å². The van der Waals surface area contributed by atoms with Crippen LogP contribution in [0.4, 0.5) is 17.5 Å². The molecule has 1 aliphatic heterocycles. The number of aromatic nitrogens is 3. The molecular formula is C19H27N5O2S. The topological polar surface area (TPSA) is 96.9 Å². The van der Waals surface area contributed by atoms with Gasteiger partial charge in [0.2, 0.25) is 5.95 Å². The molecule has 27 heavy (non-hydrogen) atoms. The molecule has 1 unspecified atom stereocenters. The van der Waals surface area contributed by atoms with Crippen molar-refractivity contribution in [1.82, 2.24) is 15.2 Å². The summed E-state index contributed by atoms with van der Waals surface area (Å²) in [6.45, 7) is 8.62. The first kappa shape index (κ1) is 19.5. The molecule has 1 aromatic heterocycles. The summed E-state index contributed by atoms with van der Waals surface area (Å²) in [5.74, 6) is 1.98. The molecule has 8 heteroatoms. The number of hydrogen-bond acceptors (Lipinski definition) is 7. The molecule has 1 aliphatic rings. The smallest absolute Gasteiger partial charge is 0.249 e. The maximum absolute atomic E-state index is 11.6. The summed E-state index contributed by atoms with van der Waals surface area (Å²) in [4.78, 5) is 4.49. The van der Waals surface area contributed by atoms with E-state index in [1.165, 1.54) is 17.3 Å². The van der Waals surface area contributed by atoms with E-state index in [9.17, 15) is 8.42 Å². The van der Waals surface area contributed by atoms with Gasteiger partial charge in [0.1, 0.15) is 0 Å². The number of anilines is 3. The number of rotatable bonds is 6. The van der Waals surface area contributed by atoms with Crippen LogP contribution in [-0.4, -0.2) is 41.1 Å². The average molecular weight is 390 g/mol. The summed E-state index contributed by atoms with van der Waals surface area (Å²) in [6, 6.07) is 6.16. The van der Waals surface area contributed by atoms with Crippen molar-refractivity contribution >= 4 is 27.3 Å². The van der Waals surface area contributed by atoms with Crippen molar-refractivity contribution in [2.24, 2.45) is 0 Å². The van der Waals surface area contributed by atoms with Crippen LogP contribution in [0, 0.1) is 0 Å². The molecule has 0 saturated carbocycles. The highest BCUT2D eigenvalue weighted by atomic mass is 32.2. The van der Waals surface area contributed by atoms with E-state index in [0.717, 1.165) is 5.69 Å². The molecule has 0 amide bonds. The van der Waals surface area contributed by atoms with Crippen LogP contribution in [-0.2, 0) is 9.84 Å². The standard InChI is InChI=1S/C19H27N5O2S/c1-12(2)15-6-5-7-16(13(3)4)18(15)23-19-22-17(10-20-24-19)21-14-8-9-27(25,26)11-14/h5-7,10,12-14H,8-9,11H2,1-4H3,(H2,21,22,23,24). The van der Waals surface area contributed by atoms with Gasteiger partial charge in [-0.2, -0.15) is 10.1 Å². The Morgan fingerprint density at radius 2 is 1.78 bits per heavy atom. The third-order valence-corrected chi connectivity index (χ3v) is 6.52. The summed E-state index contributed by atoms with van der Waals surface area (Å²) in [6.07, 6.45) is 2.11. The van der Waals surface area contributed by atoms with Gasteiger partial charge in [0.05, 0.1) is 17.7 Å². The second-order valence-electron chi connectivity index (χ2n) is 7.66. The molecule has 1 fully saturated rings. The SMILES string of the molecule is CC(C)c1cccc(C(C)C)c1Nc1nncc(NC2CCS(=O)(=O)C2)n1. The quantitative estimate of drug-likeness (QED) is 0.781. The van der Waals surface area contributed by atoms with E-state index in [1.807, 2.05) is 0 Å². The Morgan fingerprint density at radius 3 is 2.33 bits per heavy atom. The highest BCUT2D eigenvalue weighted by Crippen LogP contribution is 2.33. The first-order chi connectivity index (χ1) is 12.7. The van der Waals surface area contributed by atoms with Gasteiger partial charge in [0.25, 0.3) is 0 Å². The molecule has 2 aromatic rings. The fraction of sp³-hybridized carbons (Fsp3) is 0.526. The molecule has 2 heterocycles. The van der Waals surface area contributed by atoms with Crippen LogP contribution in [0.3, 0.4) is 0 Å². The second-order valence-corrected chi connectivity index (χ2v) is 9.88. The predicted molar refractivity (Wildman–Crippen MR) is 108 cm³/mol. The zero-order valence-corrected chi connectivity index (χ0v) is 17.0. The third kappa shape index (κ3) is 4.74. The van der Waals surface area contributed by atoms with Crippen molar-refractivity contribution in [2.45, 2.75) is 52.0 Å². The minimum absolute atomic E-state index is 0.131. The van der Waals surface area contributed by atoms with Crippen LogP contribution in [0.1, 0.15) is 57.1 Å². The van der Waals surface area contributed by atoms with Crippen LogP contribution >= 0.6 is 0 Å². The molecular weight excluding hydrogens is 362 g/mol. The lowest BCUT2D eigenvalue weighted by Crippen LogP contribution is -2.21. The molecule has 3 rings (SSSR count). The largest absolute Gasteiger partial charge is 0.365 e. The summed E-state index contributed by atoms with van der Waals surface area (Å²) in [7, 11) is -2.95. The monoisotopic (exact) mass is 389 g/mol. The minimum Gasteiger partial charge on any atom is -0.365 e. The molecule has 0 spiro atoms. The van der Waals surface area contributed by atoms with Crippen molar-refractivity contribution in [2.75, 3.05) is 22.1 Å². The van der Waals surface area contributed by atoms with Gasteiger partial charge in [0, 0.05) is 11.7 Å². The normalized spacial score (nSPS) is 18.8. The van der Waals surface area contributed by atoms with Crippen LogP contribution in [0.15, 0.2) is 24.4 Å². The lowest BCUT2D eigenvalue weighted by atomic mass is 9.93. The second kappa shape index (κ2) is 7.80. The summed E-state index contributed by atoms with van der Waals surface area (Å²) in [5, 5.41) is 14.6.